The molecule has 0 aromatic carbocycles. The Labute approximate surface area is 82.9 Å². The minimum Gasteiger partial charge on any atom is -0.481 e. The second kappa shape index (κ2) is 3.98. The highest BCUT2D eigenvalue weighted by molar-refractivity contribution is 5.74. The molecule has 0 spiro atoms. The van der Waals surface area contributed by atoms with Crippen LogP contribution in [-0.4, -0.2) is 22.2 Å². The van der Waals surface area contributed by atoms with Crippen molar-refractivity contribution in [2.75, 3.05) is 0 Å². The molecule has 0 radical (unpaired) electrons. The van der Waals surface area contributed by atoms with E-state index in [-0.39, 0.29) is 6.42 Å². The van der Waals surface area contributed by atoms with E-state index in [1.165, 1.54) is 0 Å². The van der Waals surface area contributed by atoms with Crippen LogP contribution in [0.25, 0.3) is 0 Å². The van der Waals surface area contributed by atoms with Crippen molar-refractivity contribution in [1.29, 1.82) is 0 Å². The Balaban J connectivity index is 2.79. The zero-order valence-corrected chi connectivity index (χ0v) is 8.32. The Bertz CT molecular complexity index is 249. The normalized spacial score (nSPS) is 32.5. The van der Waals surface area contributed by atoms with Crippen molar-refractivity contribution in [3.05, 3.63) is 0 Å². The molecule has 2 unspecified atom stereocenters. The zero-order valence-electron chi connectivity index (χ0n) is 8.32. The summed E-state index contributed by atoms with van der Waals surface area (Å²) in [6.07, 6.45) is 3.11. The van der Waals surface area contributed by atoms with Crippen molar-refractivity contribution in [2.45, 2.75) is 39.0 Å². The standard InChI is InChI=1S/C10H16O4/c1-10(6-8(11)12)5-3-2-4-7(10)9(13)14/h7H,2-6H2,1H3,(H,11,12)(H,13,14). The van der Waals surface area contributed by atoms with Crippen LogP contribution in [0.2, 0.25) is 0 Å². The molecule has 1 fully saturated rings. The molecule has 1 rings (SSSR count). The lowest BCUT2D eigenvalue weighted by Crippen LogP contribution is -2.38. The molecule has 0 saturated heterocycles. The number of carboxylic acids is 2. The van der Waals surface area contributed by atoms with Gasteiger partial charge in [-0.3, -0.25) is 9.59 Å². The third kappa shape index (κ3) is 2.25. The van der Waals surface area contributed by atoms with Gasteiger partial charge in [-0.25, -0.2) is 0 Å². The van der Waals surface area contributed by atoms with Crippen LogP contribution < -0.4 is 0 Å². The SMILES string of the molecule is CC1(CC(=O)O)CCCCC1C(=O)O. The molecule has 0 heterocycles. The van der Waals surface area contributed by atoms with Crippen LogP contribution >= 0.6 is 0 Å². The highest BCUT2D eigenvalue weighted by Crippen LogP contribution is 2.43. The Hall–Kier alpha value is -1.06. The van der Waals surface area contributed by atoms with Crippen LogP contribution in [0.1, 0.15) is 39.0 Å². The van der Waals surface area contributed by atoms with E-state index in [0.717, 1.165) is 12.8 Å². The smallest absolute Gasteiger partial charge is 0.307 e. The van der Waals surface area contributed by atoms with E-state index < -0.39 is 23.3 Å². The van der Waals surface area contributed by atoms with Crippen LogP contribution in [0.3, 0.4) is 0 Å². The molecule has 4 nitrogen and oxygen atoms in total. The summed E-state index contributed by atoms with van der Waals surface area (Å²) < 4.78 is 0. The van der Waals surface area contributed by atoms with Gasteiger partial charge < -0.3 is 10.2 Å². The summed E-state index contributed by atoms with van der Waals surface area (Å²) >= 11 is 0. The lowest BCUT2D eigenvalue weighted by molar-refractivity contribution is -0.151. The van der Waals surface area contributed by atoms with E-state index in [1.54, 1.807) is 6.92 Å². The van der Waals surface area contributed by atoms with Gasteiger partial charge in [-0.15, -0.1) is 0 Å². The lowest BCUT2D eigenvalue weighted by Gasteiger charge is -2.37. The predicted octanol–water partition coefficient (Wildman–Crippen LogP) is 1.74. The fraction of sp³-hybridized carbons (Fsp3) is 0.800. The fourth-order valence-electron chi connectivity index (χ4n) is 2.38. The van der Waals surface area contributed by atoms with Crippen molar-refractivity contribution >= 4 is 11.9 Å². The molecule has 1 aliphatic carbocycles. The van der Waals surface area contributed by atoms with Crippen LogP contribution in [-0.2, 0) is 9.59 Å². The highest BCUT2D eigenvalue weighted by Gasteiger charge is 2.42. The Morgan fingerprint density at radius 1 is 1.36 bits per heavy atom. The molecule has 2 atom stereocenters. The first-order valence-electron chi connectivity index (χ1n) is 4.90. The lowest BCUT2D eigenvalue weighted by atomic mass is 9.66. The molecule has 0 aromatic rings. The Morgan fingerprint density at radius 2 is 2.00 bits per heavy atom. The molecule has 0 aliphatic heterocycles. The van der Waals surface area contributed by atoms with Gasteiger partial charge in [0.25, 0.3) is 0 Å². The van der Waals surface area contributed by atoms with Crippen molar-refractivity contribution in [3.8, 4) is 0 Å². The van der Waals surface area contributed by atoms with Gasteiger partial charge in [0.15, 0.2) is 0 Å². The zero-order chi connectivity index (χ0) is 10.8. The molecule has 0 bridgehead atoms. The van der Waals surface area contributed by atoms with Crippen LogP contribution in [0.4, 0.5) is 0 Å². The first-order chi connectivity index (χ1) is 6.46. The van der Waals surface area contributed by atoms with Gasteiger partial charge in [0.05, 0.1) is 12.3 Å². The molecule has 80 valence electrons. The maximum absolute atomic E-state index is 11.0. The van der Waals surface area contributed by atoms with E-state index in [0.29, 0.717) is 12.8 Å². The first kappa shape index (κ1) is 11.0. The van der Waals surface area contributed by atoms with Gasteiger partial charge in [-0.1, -0.05) is 19.8 Å². The largest absolute Gasteiger partial charge is 0.481 e. The predicted molar refractivity (Wildman–Crippen MR) is 50.0 cm³/mol. The average molecular weight is 200 g/mol. The summed E-state index contributed by atoms with van der Waals surface area (Å²) in [5, 5.41) is 17.7. The van der Waals surface area contributed by atoms with Crippen LogP contribution in [0, 0.1) is 11.3 Å². The van der Waals surface area contributed by atoms with Gasteiger partial charge in [-0.2, -0.15) is 0 Å². The highest BCUT2D eigenvalue weighted by atomic mass is 16.4. The summed E-state index contributed by atoms with van der Waals surface area (Å²) in [6.45, 7) is 1.78. The molecule has 4 heteroatoms. The van der Waals surface area contributed by atoms with E-state index >= 15 is 0 Å². The summed E-state index contributed by atoms with van der Waals surface area (Å²) in [5.74, 6) is -2.25. The quantitative estimate of drug-likeness (QED) is 0.727. The molecule has 0 amide bonds. The summed E-state index contributed by atoms with van der Waals surface area (Å²) in [4.78, 5) is 21.6. The second-order valence-electron chi connectivity index (χ2n) is 4.36. The van der Waals surface area contributed by atoms with Crippen molar-refractivity contribution in [2.24, 2.45) is 11.3 Å². The van der Waals surface area contributed by atoms with E-state index in [1.807, 2.05) is 0 Å². The number of hydrogen-bond acceptors (Lipinski definition) is 2. The summed E-state index contributed by atoms with van der Waals surface area (Å²) in [5.41, 5.74) is -0.560. The van der Waals surface area contributed by atoms with Crippen LogP contribution in [0.15, 0.2) is 0 Å². The molecule has 2 N–H and O–H groups in total. The third-order valence-electron chi connectivity index (χ3n) is 3.19. The second-order valence-corrected chi connectivity index (χ2v) is 4.36. The topological polar surface area (TPSA) is 74.6 Å². The molecule has 1 aliphatic rings. The van der Waals surface area contributed by atoms with Crippen molar-refractivity contribution in [1.82, 2.24) is 0 Å². The average Bonchev–Trinajstić information content (AvgIpc) is 2.01. The molecule has 1 saturated carbocycles. The first-order valence-corrected chi connectivity index (χ1v) is 4.90. The van der Waals surface area contributed by atoms with E-state index in [4.69, 9.17) is 10.2 Å². The van der Waals surface area contributed by atoms with Crippen LogP contribution in [0.5, 0.6) is 0 Å². The van der Waals surface area contributed by atoms with Crippen molar-refractivity contribution in [3.63, 3.8) is 0 Å². The molecular formula is C10H16O4. The number of aliphatic carboxylic acids is 2. The minimum absolute atomic E-state index is 0.0377. The van der Waals surface area contributed by atoms with Gasteiger partial charge in [0.1, 0.15) is 0 Å². The Morgan fingerprint density at radius 3 is 2.50 bits per heavy atom. The van der Waals surface area contributed by atoms with E-state index in [2.05, 4.69) is 0 Å². The summed E-state index contributed by atoms with van der Waals surface area (Å²) in [7, 11) is 0. The minimum atomic E-state index is -0.902. The maximum Gasteiger partial charge on any atom is 0.307 e. The Kier molecular flexibility index (Phi) is 3.13. The maximum atomic E-state index is 11.0. The van der Waals surface area contributed by atoms with Gasteiger partial charge in [-0.05, 0) is 18.3 Å². The number of hydrogen-bond donors (Lipinski definition) is 2. The fourth-order valence-corrected chi connectivity index (χ4v) is 2.38. The molecular weight excluding hydrogens is 184 g/mol. The number of carboxylic acid groups (broad SMARTS) is 2. The molecule has 14 heavy (non-hydrogen) atoms. The number of carbonyl (C=O) groups is 2. The van der Waals surface area contributed by atoms with E-state index in [9.17, 15) is 9.59 Å². The van der Waals surface area contributed by atoms with Gasteiger partial charge in [0, 0.05) is 0 Å². The number of rotatable bonds is 3. The van der Waals surface area contributed by atoms with Gasteiger partial charge in [0.2, 0.25) is 0 Å². The monoisotopic (exact) mass is 200 g/mol. The third-order valence-corrected chi connectivity index (χ3v) is 3.19. The van der Waals surface area contributed by atoms with Crippen molar-refractivity contribution < 1.29 is 19.8 Å². The van der Waals surface area contributed by atoms with Gasteiger partial charge >= 0.3 is 11.9 Å². The molecule has 0 aromatic heterocycles. The summed E-state index contributed by atoms with van der Waals surface area (Å²) in [6, 6.07) is 0.